The fraction of sp³-hybridized carbons (Fsp3) is 0.0667. The van der Waals surface area contributed by atoms with Gasteiger partial charge in [-0.25, -0.2) is 9.78 Å². The number of amides is 2. The maximum Gasteiger partial charge on any atom is 0.325 e. The smallest absolute Gasteiger partial charge is 0.308 e. The minimum Gasteiger partial charge on any atom is -0.308 e. The molecule has 0 saturated heterocycles. The van der Waals surface area contributed by atoms with Gasteiger partial charge in [0.25, 0.3) is 5.69 Å². The van der Waals surface area contributed by atoms with Gasteiger partial charge in [-0.3, -0.25) is 15.4 Å². The number of nitrogens with one attached hydrogen (secondary N) is 2. The largest absolute Gasteiger partial charge is 0.325 e. The highest BCUT2D eigenvalue weighted by atomic mass is 32.1. The summed E-state index contributed by atoms with van der Waals surface area (Å²) in [5.74, 6) is 0. The van der Waals surface area contributed by atoms with Crippen LogP contribution in [0.25, 0.3) is 10.2 Å². The van der Waals surface area contributed by atoms with E-state index in [4.69, 9.17) is 0 Å². The third-order valence-corrected chi connectivity index (χ3v) is 4.01. The number of fused-ring (bicyclic) bond motifs is 1. The fourth-order valence-electron chi connectivity index (χ4n) is 2.06. The zero-order chi connectivity index (χ0) is 16.4. The van der Waals surface area contributed by atoms with Gasteiger partial charge in [0.2, 0.25) is 0 Å². The van der Waals surface area contributed by atoms with E-state index in [0.717, 1.165) is 5.56 Å². The number of nitro benzene ring substituents is 1. The Bertz CT molecular complexity index is 907. The van der Waals surface area contributed by atoms with Crippen LogP contribution in [0.1, 0.15) is 5.56 Å². The highest BCUT2D eigenvalue weighted by Gasteiger charge is 2.12. The number of hydrogen-bond donors (Lipinski definition) is 2. The van der Waals surface area contributed by atoms with Crippen molar-refractivity contribution in [3.8, 4) is 0 Å². The minimum absolute atomic E-state index is 0.00286. The molecule has 0 bridgehead atoms. The summed E-state index contributed by atoms with van der Waals surface area (Å²) in [7, 11) is 0. The Kier molecular flexibility index (Phi) is 3.90. The maximum atomic E-state index is 12.0. The van der Waals surface area contributed by atoms with Crippen LogP contribution in [0.15, 0.2) is 42.5 Å². The number of carbonyl (C=O) groups is 1. The monoisotopic (exact) mass is 328 g/mol. The highest BCUT2D eigenvalue weighted by Crippen LogP contribution is 2.29. The molecule has 3 aromatic rings. The molecule has 116 valence electrons. The lowest BCUT2D eigenvalue weighted by Gasteiger charge is -2.05. The molecule has 0 radical (unpaired) electrons. The second-order valence-corrected chi connectivity index (χ2v) is 5.91. The molecule has 0 atom stereocenters. The van der Waals surface area contributed by atoms with Crippen LogP contribution in [0.3, 0.4) is 0 Å². The Morgan fingerprint density at radius 1 is 1.22 bits per heavy atom. The van der Waals surface area contributed by atoms with E-state index in [1.165, 1.54) is 23.5 Å². The van der Waals surface area contributed by atoms with E-state index in [0.29, 0.717) is 21.0 Å². The summed E-state index contributed by atoms with van der Waals surface area (Å²) < 4.78 is 0.644. The first-order chi connectivity index (χ1) is 11.0. The molecule has 0 aliphatic rings. The Labute approximate surface area is 135 Å². The lowest BCUT2D eigenvalue weighted by Crippen LogP contribution is -2.19. The summed E-state index contributed by atoms with van der Waals surface area (Å²) in [5, 5.41) is 16.5. The molecule has 1 aromatic heterocycles. The van der Waals surface area contributed by atoms with E-state index in [1.807, 2.05) is 25.1 Å². The molecule has 0 spiro atoms. The van der Waals surface area contributed by atoms with E-state index in [9.17, 15) is 14.9 Å². The number of nitrogens with zero attached hydrogens (tertiary/aromatic N) is 2. The van der Waals surface area contributed by atoms with E-state index in [1.54, 1.807) is 12.1 Å². The van der Waals surface area contributed by atoms with Crippen LogP contribution in [-0.2, 0) is 0 Å². The van der Waals surface area contributed by atoms with Crippen LogP contribution in [0.4, 0.5) is 21.3 Å². The summed E-state index contributed by atoms with van der Waals surface area (Å²) >= 11 is 1.18. The van der Waals surface area contributed by atoms with Crippen molar-refractivity contribution in [2.45, 2.75) is 6.92 Å². The number of rotatable bonds is 3. The van der Waals surface area contributed by atoms with Gasteiger partial charge < -0.3 is 5.32 Å². The molecule has 2 aromatic carbocycles. The summed E-state index contributed by atoms with van der Waals surface area (Å²) in [5.41, 5.74) is 2.32. The van der Waals surface area contributed by atoms with Gasteiger partial charge >= 0.3 is 6.03 Å². The van der Waals surface area contributed by atoms with Crippen LogP contribution in [-0.4, -0.2) is 15.9 Å². The molecular weight excluding hydrogens is 316 g/mol. The first kappa shape index (κ1) is 14.9. The van der Waals surface area contributed by atoms with Gasteiger partial charge in [0.15, 0.2) is 5.13 Å². The standard InChI is InChI=1S/C15H12N4O3S/c1-9-3-2-4-10(7-9)16-14(20)18-15-17-12-6-5-11(19(21)22)8-13(12)23-15/h2-8H,1H3,(H2,16,17,18,20). The van der Waals surface area contributed by atoms with Crippen molar-refractivity contribution in [2.24, 2.45) is 0 Å². The molecule has 7 nitrogen and oxygen atoms in total. The number of hydrogen-bond acceptors (Lipinski definition) is 5. The molecule has 23 heavy (non-hydrogen) atoms. The number of aryl methyl sites for hydroxylation is 1. The summed E-state index contributed by atoms with van der Waals surface area (Å²) in [6.07, 6.45) is 0. The average Bonchev–Trinajstić information content (AvgIpc) is 2.87. The molecule has 0 unspecified atom stereocenters. The predicted octanol–water partition coefficient (Wildman–Crippen LogP) is 4.16. The summed E-state index contributed by atoms with van der Waals surface area (Å²) in [6.45, 7) is 1.93. The van der Waals surface area contributed by atoms with Crippen molar-refractivity contribution in [1.82, 2.24) is 4.98 Å². The van der Waals surface area contributed by atoms with Crippen LogP contribution in [0, 0.1) is 17.0 Å². The summed E-state index contributed by atoms with van der Waals surface area (Å²) in [4.78, 5) is 26.5. The maximum absolute atomic E-state index is 12.0. The van der Waals surface area contributed by atoms with Crippen LogP contribution < -0.4 is 10.6 Å². The molecule has 1 heterocycles. The topological polar surface area (TPSA) is 97.2 Å². The number of thiazole rings is 1. The summed E-state index contributed by atoms with van der Waals surface area (Å²) in [6, 6.07) is 11.4. The first-order valence-corrected chi connectivity index (χ1v) is 7.52. The van der Waals surface area contributed by atoms with E-state index in [-0.39, 0.29) is 5.69 Å². The Balaban J connectivity index is 1.75. The molecule has 2 amide bonds. The normalized spacial score (nSPS) is 10.5. The van der Waals surface area contributed by atoms with Gasteiger partial charge in [-0.15, -0.1) is 0 Å². The number of non-ortho nitro benzene ring substituents is 1. The molecule has 0 saturated carbocycles. The SMILES string of the molecule is Cc1cccc(NC(=O)Nc2nc3ccc([N+](=O)[O-])cc3s2)c1. The van der Waals surface area contributed by atoms with Gasteiger partial charge in [0.05, 0.1) is 15.1 Å². The van der Waals surface area contributed by atoms with E-state index < -0.39 is 11.0 Å². The van der Waals surface area contributed by atoms with Crippen molar-refractivity contribution in [2.75, 3.05) is 10.6 Å². The molecule has 3 rings (SSSR count). The van der Waals surface area contributed by atoms with E-state index in [2.05, 4.69) is 15.6 Å². The minimum atomic E-state index is -0.462. The number of anilines is 2. The van der Waals surface area contributed by atoms with Crippen LogP contribution in [0.2, 0.25) is 0 Å². The molecule has 0 aliphatic heterocycles. The van der Waals surface area contributed by atoms with Crippen LogP contribution >= 0.6 is 11.3 Å². The quantitative estimate of drug-likeness (QED) is 0.557. The van der Waals surface area contributed by atoms with Gasteiger partial charge in [-0.2, -0.15) is 0 Å². The third kappa shape index (κ3) is 3.43. The number of urea groups is 1. The van der Waals surface area contributed by atoms with Gasteiger partial charge in [0.1, 0.15) is 0 Å². The lowest BCUT2D eigenvalue weighted by atomic mass is 10.2. The third-order valence-electron chi connectivity index (χ3n) is 3.08. The van der Waals surface area contributed by atoms with Crippen molar-refractivity contribution < 1.29 is 9.72 Å². The van der Waals surface area contributed by atoms with Crippen molar-refractivity contribution in [1.29, 1.82) is 0 Å². The Hall–Kier alpha value is -3.00. The van der Waals surface area contributed by atoms with Crippen molar-refractivity contribution in [3.05, 3.63) is 58.1 Å². The zero-order valence-corrected chi connectivity index (χ0v) is 12.9. The molecule has 0 aliphatic carbocycles. The second-order valence-electron chi connectivity index (χ2n) is 4.88. The van der Waals surface area contributed by atoms with Gasteiger partial charge in [0, 0.05) is 17.8 Å². The lowest BCUT2D eigenvalue weighted by molar-refractivity contribution is -0.384. The average molecular weight is 328 g/mol. The number of benzene rings is 2. The Morgan fingerprint density at radius 3 is 2.78 bits per heavy atom. The Morgan fingerprint density at radius 2 is 2.04 bits per heavy atom. The molecular formula is C15H12N4O3S. The number of aromatic nitrogens is 1. The zero-order valence-electron chi connectivity index (χ0n) is 12.1. The highest BCUT2D eigenvalue weighted by molar-refractivity contribution is 7.22. The number of carbonyl (C=O) groups excluding carboxylic acids is 1. The van der Waals surface area contributed by atoms with Crippen molar-refractivity contribution in [3.63, 3.8) is 0 Å². The second kappa shape index (κ2) is 6.01. The van der Waals surface area contributed by atoms with Gasteiger partial charge in [-0.05, 0) is 30.7 Å². The molecule has 0 fully saturated rings. The fourth-order valence-corrected chi connectivity index (χ4v) is 2.96. The molecule has 2 N–H and O–H groups in total. The van der Waals surface area contributed by atoms with Crippen molar-refractivity contribution >= 4 is 44.1 Å². The predicted molar refractivity (Wildman–Crippen MR) is 90.1 cm³/mol. The first-order valence-electron chi connectivity index (χ1n) is 6.71. The molecule has 8 heteroatoms. The number of nitro groups is 1. The van der Waals surface area contributed by atoms with Gasteiger partial charge in [-0.1, -0.05) is 23.5 Å². The van der Waals surface area contributed by atoms with Crippen LogP contribution in [0.5, 0.6) is 0 Å². The van der Waals surface area contributed by atoms with E-state index >= 15 is 0 Å².